The van der Waals surface area contributed by atoms with E-state index in [9.17, 15) is 24.0 Å². The molecule has 11 nitrogen and oxygen atoms in total. The summed E-state index contributed by atoms with van der Waals surface area (Å²) >= 11 is 0. The van der Waals surface area contributed by atoms with Crippen molar-refractivity contribution in [2.45, 2.75) is 65.0 Å². The summed E-state index contributed by atoms with van der Waals surface area (Å²) in [5.41, 5.74) is -2.64. The topological polar surface area (TPSA) is 144 Å². The molecule has 1 heterocycles. The summed E-state index contributed by atoms with van der Waals surface area (Å²) in [7, 11) is 0. The van der Waals surface area contributed by atoms with Crippen molar-refractivity contribution in [2.24, 2.45) is 0 Å². The smallest absolute Gasteiger partial charge is 0.305 e. The van der Waals surface area contributed by atoms with Crippen molar-refractivity contribution >= 4 is 29.8 Å². The number of esters is 4. The standard InChI is InChI=1S/C16H22FNO10/c1-7(19)18-16(28-11(5)23)14(26-10(4)22)13(25-9(3)21)12(27-15(16)17)6-24-8(2)20/h12-15H,6H2,1-5H3,(H,18,19)/t12-,13-,14+,15+,16-/m1/s1. The van der Waals surface area contributed by atoms with Crippen molar-refractivity contribution in [1.29, 1.82) is 0 Å². The van der Waals surface area contributed by atoms with Crippen LogP contribution in [0.4, 0.5) is 4.39 Å². The fraction of sp³-hybridized carbons (Fsp3) is 0.688. The van der Waals surface area contributed by atoms with Crippen LogP contribution in [0.5, 0.6) is 0 Å². The van der Waals surface area contributed by atoms with E-state index in [1.165, 1.54) is 0 Å². The van der Waals surface area contributed by atoms with Gasteiger partial charge >= 0.3 is 23.9 Å². The fourth-order valence-corrected chi connectivity index (χ4v) is 2.67. The highest BCUT2D eigenvalue weighted by atomic mass is 19.1. The second kappa shape index (κ2) is 9.44. The normalized spacial score (nSPS) is 29.2. The Bertz CT molecular complexity index is 635. The summed E-state index contributed by atoms with van der Waals surface area (Å²) in [5.74, 6) is -4.47. The van der Waals surface area contributed by atoms with Crippen LogP contribution in [0.1, 0.15) is 34.6 Å². The zero-order chi connectivity index (χ0) is 21.6. The molecule has 1 N–H and O–H groups in total. The van der Waals surface area contributed by atoms with E-state index in [1.807, 2.05) is 0 Å². The quantitative estimate of drug-likeness (QED) is 0.348. The average Bonchev–Trinajstić information content (AvgIpc) is 2.51. The lowest BCUT2D eigenvalue weighted by atomic mass is 9.92. The van der Waals surface area contributed by atoms with E-state index >= 15 is 4.39 Å². The average molecular weight is 407 g/mol. The van der Waals surface area contributed by atoms with Crippen molar-refractivity contribution in [3.05, 3.63) is 0 Å². The second-order valence-corrected chi connectivity index (χ2v) is 5.97. The third-order valence-corrected chi connectivity index (χ3v) is 3.45. The SMILES string of the molecule is CC(=O)N[C@]1(OC(C)=O)[C@@H](F)O[C@H](COC(C)=O)[C@@H](OC(C)=O)[C@@H]1OC(C)=O. The number of halogens is 1. The number of ether oxygens (including phenoxy) is 5. The largest absolute Gasteiger partial charge is 0.463 e. The van der Waals surface area contributed by atoms with E-state index in [-0.39, 0.29) is 0 Å². The first-order valence-corrected chi connectivity index (χ1v) is 8.14. The van der Waals surface area contributed by atoms with Gasteiger partial charge in [0.05, 0.1) is 0 Å². The molecule has 0 aromatic rings. The molecule has 1 aliphatic heterocycles. The third kappa shape index (κ3) is 5.87. The Labute approximate surface area is 159 Å². The van der Waals surface area contributed by atoms with Gasteiger partial charge in [0.1, 0.15) is 12.7 Å². The van der Waals surface area contributed by atoms with Gasteiger partial charge in [0.25, 0.3) is 12.1 Å². The molecule has 0 aliphatic carbocycles. The fourth-order valence-electron chi connectivity index (χ4n) is 2.67. The van der Waals surface area contributed by atoms with Crippen LogP contribution in [0, 0.1) is 0 Å². The Balaban J connectivity index is 3.49. The first-order chi connectivity index (χ1) is 12.9. The van der Waals surface area contributed by atoms with E-state index in [0.29, 0.717) is 0 Å². The van der Waals surface area contributed by atoms with Gasteiger partial charge in [-0.2, -0.15) is 0 Å². The number of hydrogen-bond acceptors (Lipinski definition) is 10. The van der Waals surface area contributed by atoms with Crippen molar-refractivity contribution in [1.82, 2.24) is 5.32 Å². The van der Waals surface area contributed by atoms with Gasteiger partial charge in [-0.3, -0.25) is 24.0 Å². The second-order valence-electron chi connectivity index (χ2n) is 5.97. The summed E-state index contributed by atoms with van der Waals surface area (Å²) in [5, 5.41) is 2.06. The Hall–Kier alpha value is -2.76. The van der Waals surface area contributed by atoms with Crippen LogP contribution in [0.25, 0.3) is 0 Å². The monoisotopic (exact) mass is 407 g/mol. The molecule has 1 fully saturated rings. The Morgan fingerprint density at radius 3 is 1.93 bits per heavy atom. The summed E-state index contributed by atoms with van der Waals surface area (Å²) in [6.45, 7) is 4.42. The van der Waals surface area contributed by atoms with Crippen molar-refractivity contribution in [3.8, 4) is 0 Å². The summed E-state index contributed by atoms with van der Waals surface area (Å²) in [4.78, 5) is 57.5. The van der Waals surface area contributed by atoms with Crippen LogP contribution in [0.3, 0.4) is 0 Å². The van der Waals surface area contributed by atoms with Gasteiger partial charge in [0, 0.05) is 34.6 Å². The Kier molecular flexibility index (Phi) is 7.85. The lowest BCUT2D eigenvalue weighted by Crippen LogP contribution is -2.75. The van der Waals surface area contributed by atoms with Crippen LogP contribution in [0.2, 0.25) is 0 Å². The highest BCUT2D eigenvalue weighted by molar-refractivity contribution is 5.75. The third-order valence-electron chi connectivity index (χ3n) is 3.45. The lowest BCUT2D eigenvalue weighted by molar-refractivity contribution is -0.321. The zero-order valence-corrected chi connectivity index (χ0v) is 16.0. The number of nitrogens with one attached hydrogen (secondary N) is 1. The molecule has 1 rings (SSSR count). The minimum Gasteiger partial charge on any atom is -0.463 e. The number of hydrogen-bond donors (Lipinski definition) is 1. The highest BCUT2D eigenvalue weighted by Gasteiger charge is 2.64. The number of carbonyl (C=O) groups excluding carboxylic acids is 5. The molecular weight excluding hydrogens is 385 g/mol. The molecule has 0 spiro atoms. The zero-order valence-electron chi connectivity index (χ0n) is 16.0. The molecule has 158 valence electrons. The molecule has 0 bridgehead atoms. The van der Waals surface area contributed by atoms with Gasteiger partial charge in [0.2, 0.25) is 12.0 Å². The predicted molar refractivity (Wildman–Crippen MR) is 85.8 cm³/mol. The van der Waals surface area contributed by atoms with Gasteiger partial charge < -0.3 is 29.0 Å². The molecule has 0 aromatic carbocycles. The number of rotatable bonds is 6. The number of carbonyl (C=O) groups is 5. The molecule has 5 atom stereocenters. The maximum absolute atomic E-state index is 15.0. The summed E-state index contributed by atoms with van der Waals surface area (Å²) in [6, 6.07) is 0. The summed E-state index contributed by atoms with van der Waals surface area (Å²) in [6.07, 6.45) is -7.41. The van der Waals surface area contributed by atoms with Crippen molar-refractivity contribution < 1.29 is 52.0 Å². The predicted octanol–water partition coefficient (Wildman–Crippen LogP) is -0.497. The van der Waals surface area contributed by atoms with E-state index in [0.717, 1.165) is 34.6 Å². The van der Waals surface area contributed by atoms with Gasteiger partial charge in [-0.1, -0.05) is 0 Å². The molecule has 1 saturated heterocycles. The van der Waals surface area contributed by atoms with E-state index in [4.69, 9.17) is 23.7 Å². The van der Waals surface area contributed by atoms with Crippen LogP contribution < -0.4 is 5.32 Å². The van der Waals surface area contributed by atoms with Crippen molar-refractivity contribution in [2.75, 3.05) is 6.61 Å². The maximum atomic E-state index is 15.0. The Morgan fingerprint density at radius 1 is 0.929 bits per heavy atom. The molecule has 28 heavy (non-hydrogen) atoms. The maximum Gasteiger partial charge on any atom is 0.305 e. The highest BCUT2D eigenvalue weighted by Crippen LogP contribution is 2.36. The molecule has 1 aliphatic rings. The van der Waals surface area contributed by atoms with E-state index in [2.05, 4.69) is 5.32 Å². The molecule has 12 heteroatoms. The first-order valence-electron chi connectivity index (χ1n) is 8.14. The van der Waals surface area contributed by atoms with Crippen LogP contribution in [-0.2, 0) is 47.7 Å². The van der Waals surface area contributed by atoms with Crippen LogP contribution >= 0.6 is 0 Å². The van der Waals surface area contributed by atoms with Crippen LogP contribution in [0.15, 0.2) is 0 Å². The van der Waals surface area contributed by atoms with Gasteiger partial charge in [0.15, 0.2) is 6.10 Å². The van der Waals surface area contributed by atoms with Crippen LogP contribution in [-0.4, -0.2) is 66.8 Å². The first kappa shape index (κ1) is 23.3. The lowest BCUT2D eigenvalue weighted by Gasteiger charge is -2.48. The minimum absolute atomic E-state index is 0.568. The number of alkyl halides is 1. The molecule has 0 aromatic heterocycles. The van der Waals surface area contributed by atoms with Crippen molar-refractivity contribution in [3.63, 3.8) is 0 Å². The molecule has 0 radical (unpaired) electrons. The van der Waals surface area contributed by atoms with Gasteiger partial charge in [-0.05, 0) is 0 Å². The minimum atomic E-state index is -2.64. The van der Waals surface area contributed by atoms with Gasteiger partial charge in [-0.15, -0.1) is 0 Å². The summed E-state index contributed by atoms with van der Waals surface area (Å²) < 4.78 is 40.0. The molecule has 1 amide bonds. The molecule has 0 saturated carbocycles. The molecule has 0 unspecified atom stereocenters. The van der Waals surface area contributed by atoms with E-state index in [1.54, 1.807) is 0 Å². The van der Waals surface area contributed by atoms with E-state index < -0.39 is 66.8 Å². The molecular formula is C16H22FNO10. The van der Waals surface area contributed by atoms with Gasteiger partial charge in [-0.25, -0.2) is 4.39 Å². The Morgan fingerprint density at radius 2 is 1.50 bits per heavy atom. The number of amides is 1.